The number of nitrogens with one attached hydrogen (secondary N) is 2. The summed E-state index contributed by atoms with van der Waals surface area (Å²) in [4.78, 5) is 4.33. The van der Waals surface area contributed by atoms with E-state index < -0.39 is 13.0 Å². The Hall–Kier alpha value is -1.85. The Morgan fingerprint density at radius 1 is 1.27 bits per heavy atom. The summed E-state index contributed by atoms with van der Waals surface area (Å²) in [5.74, 6) is 1.15. The Bertz CT molecular complexity index is 490. The highest BCUT2D eigenvalue weighted by Crippen LogP contribution is 2.22. The number of aryl methyl sites for hydroxylation is 1. The summed E-state index contributed by atoms with van der Waals surface area (Å²) in [5, 5.41) is 5.55. The van der Waals surface area contributed by atoms with E-state index in [9.17, 15) is 8.78 Å². The van der Waals surface area contributed by atoms with Crippen molar-refractivity contribution < 1.29 is 13.5 Å². The summed E-state index contributed by atoms with van der Waals surface area (Å²) in [5.41, 5.74) is 2.03. The quantitative estimate of drug-likeness (QED) is 0.600. The van der Waals surface area contributed by atoms with Gasteiger partial charge in [0.25, 0.3) is 6.43 Å². The van der Waals surface area contributed by atoms with Gasteiger partial charge in [0.05, 0.1) is 19.2 Å². The lowest BCUT2D eigenvalue weighted by molar-refractivity contribution is 0.152. The van der Waals surface area contributed by atoms with Crippen LogP contribution in [-0.4, -0.2) is 31.6 Å². The largest absolute Gasteiger partial charge is 0.491 e. The van der Waals surface area contributed by atoms with Crippen LogP contribution in [0.1, 0.15) is 31.9 Å². The van der Waals surface area contributed by atoms with E-state index in [1.165, 1.54) is 0 Å². The van der Waals surface area contributed by atoms with Crippen molar-refractivity contribution in [3.63, 3.8) is 0 Å². The van der Waals surface area contributed by atoms with E-state index in [1.807, 2.05) is 45.9 Å². The molecule has 4 nitrogen and oxygen atoms in total. The molecule has 0 atom stereocenters. The van der Waals surface area contributed by atoms with E-state index >= 15 is 0 Å². The number of benzene rings is 1. The average molecular weight is 313 g/mol. The minimum absolute atomic E-state index is 0.0646. The summed E-state index contributed by atoms with van der Waals surface area (Å²) >= 11 is 0. The molecule has 0 saturated heterocycles. The van der Waals surface area contributed by atoms with Gasteiger partial charge in [-0.2, -0.15) is 0 Å². The van der Waals surface area contributed by atoms with Gasteiger partial charge in [-0.3, -0.25) is 0 Å². The Morgan fingerprint density at radius 2 is 2.00 bits per heavy atom. The molecule has 1 aromatic rings. The smallest absolute Gasteiger partial charge is 0.255 e. The molecule has 0 unspecified atom stereocenters. The van der Waals surface area contributed by atoms with E-state index in [0.717, 1.165) is 16.9 Å². The molecule has 0 fully saturated rings. The first-order valence-corrected chi connectivity index (χ1v) is 7.48. The zero-order chi connectivity index (χ0) is 16.5. The summed E-state index contributed by atoms with van der Waals surface area (Å²) in [6.07, 6.45) is -2.35. The monoisotopic (exact) mass is 313 g/mol. The molecule has 1 aromatic carbocycles. The fourth-order valence-corrected chi connectivity index (χ4v) is 1.84. The Kier molecular flexibility index (Phi) is 7.63. The molecule has 0 bridgehead atoms. The lowest BCUT2D eigenvalue weighted by Gasteiger charge is -2.15. The predicted molar refractivity (Wildman–Crippen MR) is 85.8 cm³/mol. The van der Waals surface area contributed by atoms with Gasteiger partial charge in [0.15, 0.2) is 5.96 Å². The topological polar surface area (TPSA) is 45.7 Å². The molecule has 124 valence electrons. The molecule has 2 N–H and O–H groups in total. The zero-order valence-corrected chi connectivity index (χ0v) is 13.6. The average Bonchev–Trinajstić information content (AvgIpc) is 2.42. The van der Waals surface area contributed by atoms with Crippen LogP contribution in [0.4, 0.5) is 8.78 Å². The van der Waals surface area contributed by atoms with Gasteiger partial charge in [-0.15, -0.1) is 0 Å². The molecule has 0 saturated carbocycles. The number of rotatable bonds is 7. The van der Waals surface area contributed by atoms with E-state index in [1.54, 1.807) is 0 Å². The van der Waals surface area contributed by atoms with Crippen molar-refractivity contribution in [2.24, 2.45) is 4.99 Å². The van der Waals surface area contributed by atoms with Crippen LogP contribution >= 0.6 is 0 Å². The van der Waals surface area contributed by atoms with Crippen LogP contribution < -0.4 is 15.4 Å². The van der Waals surface area contributed by atoms with Crippen molar-refractivity contribution in [2.75, 3.05) is 13.1 Å². The highest BCUT2D eigenvalue weighted by atomic mass is 19.3. The third-order valence-electron chi connectivity index (χ3n) is 2.76. The second kappa shape index (κ2) is 9.23. The van der Waals surface area contributed by atoms with Gasteiger partial charge in [0.1, 0.15) is 5.75 Å². The first-order valence-electron chi connectivity index (χ1n) is 7.48. The normalized spacial score (nSPS) is 11.9. The number of ether oxygens (including phenoxy) is 1. The van der Waals surface area contributed by atoms with E-state index in [-0.39, 0.29) is 6.10 Å². The van der Waals surface area contributed by atoms with Gasteiger partial charge in [-0.1, -0.05) is 12.1 Å². The maximum atomic E-state index is 12.3. The van der Waals surface area contributed by atoms with Gasteiger partial charge < -0.3 is 15.4 Å². The molecule has 0 amide bonds. The van der Waals surface area contributed by atoms with Crippen LogP contribution in [0.5, 0.6) is 5.75 Å². The summed E-state index contributed by atoms with van der Waals surface area (Å²) in [6.45, 7) is 8.36. The third-order valence-corrected chi connectivity index (χ3v) is 2.76. The molecule has 6 heteroatoms. The molecule has 0 radical (unpaired) electrons. The van der Waals surface area contributed by atoms with Crippen molar-refractivity contribution in [3.8, 4) is 5.75 Å². The maximum Gasteiger partial charge on any atom is 0.255 e. The van der Waals surface area contributed by atoms with E-state index in [0.29, 0.717) is 19.0 Å². The van der Waals surface area contributed by atoms with Crippen molar-refractivity contribution in [1.29, 1.82) is 0 Å². The molecule has 0 aliphatic heterocycles. The zero-order valence-electron chi connectivity index (χ0n) is 13.6. The van der Waals surface area contributed by atoms with Crippen LogP contribution in [-0.2, 0) is 6.54 Å². The number of hydrogen-bond acceptors (Lipinski definition) is 2. The molecule has 0 aliphatic carbocycles. The van der Waals surface area contributed by atoms with Gasteiger partial charge in [0.2, 0.25) is 0 Å². The molecular weight excluding hydrogens is 288 g/mol. The number of alkyl halides is 2. The van der Waals surface area contributed by atoms with Crippen molar-refractivity contribution in [3.05, 3.63) is 29.3 Å². The van der Waals surface area contributed by atoms with E-state index in [4.69, 9.17) is 4.74 Å². The second-order valence-electron chi connectivity index (χ2n) is 5.24. The minimum Gasteiger partial charge on any atom is -0.491 e. The van der Waals surface area contributed by atoms with Crippen molar-refractivity contribution >= 4 is 5.96 Å². The molecule has 22 heavy (non-hydrogen) atoms. The minimum atomic E-state index is -2.41. The first kappa shape index (κ1) is 18.2. The molecule has 1 rings (SSSR count). The van der Waals surface area contributed by atoms with Crippen LogP contribution in [0.15, 0.2) is 23.2 Å². The lowest BCUT2D eigenvalue weighted by atomic mass is 10.1. The van der Waals surface area contributed by atoms with Gasteiger partial charge in [0, 0.05) is 12.1 Å². The summed E-state index contributed by atoms with van der Waals surface area (Å²) < 4.78 is 30.4. The number of guanidine groups is 1. The van der Waals surface area contributed by atoms with Crippen LogP contribution in [0.3, 0.4) is 0 Å². The standard InChI is InChI=1S/C16H25F2N3O/c1-5-19-16(21-10-15(17)18)20-9-13-7-6-12(4)8-14(13)22-11(2)3/h6-8,11,15H,5,9-10H2,1-4H3,(H2,19,20,21). The first-order chi connectivity index (χ1) is 10.4. The third kappa shape index (κ3) is 6.74. The van der Waals surface area contributed by atoms with Crippen LogP contribution in [0.25, 0.3) is 0 Å². The van der Waals surface area contributed by atoms with Gasteiger partial charge in [-0.05, 0) is 39.3 Å². The lowest BCUT2D eigenvalue weighted by Crippen LogP contribution is -2.39. The molecule has 0 heterocycles. The molecule has 0 spiro atoms. The second-order valence-corrected chi connectivity index (χ2v) is 5.24. The van der Waals surface area contributed by atoms with Crippen molar-refractivity contribution in [1.82, 2.24) is 10.6 Å². The fourth-order valence-electron chi connectivity index (χ4n) is 1.84. The highest BCUT2D eigenvalue weighted by molar-refractivity contribution is 5.79. The van der Waals surface area contributed by atoms with Gasteiger partial charge in [-0.25, -0.2) is 13.8 Å². The number of halogens is 2. The summed E-state index contributed by atoms with van der Waals surface area (Å²) in [6, 6.07) is 5.90. The maximum absolute atomic E-state index is 12.3. The molecule has 0 aromatic heterocycles. The molecular formula is C16H25F2N3O. The van der Waals surface area contributed by atoms with Crippen molar-refractivity contribution in [2.45, 2.75) is 46.8 Å². The fraction of sp³-hybridized carbons (Fsp3) is 0.562. The Balaban J connectivity index is 2.83. The number of aliphatic imine (C=N–C) groups is 1. The number of hydrogen-bond donors (Lipinski definition) is 2. The predicted octanol–water partition coefficient (Wildman–Crippen LogP) is 3.10. The van der Waals surface area contributed by atoms with Gasteiger partial charge >= 0.3 is 0 Å². The Morgan fingerprint density at radius 3 is 2.59 bits per heavy atom. The SMILES string of the molecule is CCNC(=NCc1ccc(C)cc1OC(C)C)NCC(F)F. The number of nitrogens with zero attached hydrogens (tertiary/aromatic N) is 1. The van der Waals surface area contributed by atoms with Crippen LogP contribution in [0, 0.1) is 6.92 Å². The molecule has 0 aliphatic rings. The van der Waals surface area contributed by atoms with E-state index in [2.05, 4.69) is 15.6 Å². The summed E-state index contributed by atoms with van der Waals surface area (Å²) in [7, 11) is 0. The highest BCUT2D eigenvalue weighted by Gasteiger charge is 2.08. The Labute approximate surface area is 131 Å². The van der Waals surface area contributed by atoms with Crippen LogP contribution in [0.2, 0.25) is 0 Å².